The highest BCUT2D eigenvalue weighted by Crippen LogP contribution is 2.00. The zero-order chi connectivity index (χ0) is 13.8. The highest BCUT2D eigenvalue weighted by molar-refractivity contribution is 6.93. The van der Waals surface area contributed by atoms with Crippen LogP contribution in [0.5, 0.6) is 0 Å². The van der Waals surface area contributed by atoms with E-state index in [0.717, 1.165) is 0 Å². The summed E-state index contributed by atoms with van der Waals surface area (Å²) in [4.78, 5) is 0. The van der Waals surface area contributed by atoms with Gasteiger partial charge in [0.2, 0.25) is 0 Å². The molecular weight excluding hydrogens is 258 g/mol. The molecule has 98 valence electrons. The Balaban J connectivity index is 2.22. The molecule has 3 rings (SSSR count). The second kappa shape index (κ2) is 5.95. The monoisotopic (exact) mass is 275 g/mol. The molecule has 1 atom stereocenters. The lowest BCUT2D eigenvalue weighted by molar-refractivity contribution is 1.10. The number of hydrogen-bond donors (Lipinski definition) is 1. The standard InChI is InChI=1S/C18H17NSi/c19-17-13-7-8-14-18(17)20(15-9-3-1-4-10-15)16-11-5-2-6-12-16/h1-14,17H,19H2. The number of benzene rings is 2. The van der Waals surface area contributed by atoms with Gasteiger partial charge in [0.15, 0.2) is 0 Å². The lowest BCUT2D eigenvalue weighted by Crippen LogP contribution is -2.46. The molecule has 0 radical (unpaired) electrons. The Morgan fingerprint density at radius 2 is 1.30 bits per heavy atom. The third-order valence-electron chi connectivity index (χ3n) is 3.48. The van der Waals surface area contributed by atoms with E-state index in [1.165, 1.54) is 15.5 Å². The van der Waals surface area contributed by atoms with Crippen molar-refractivity contribution in [3.05, 3.63) is 85.0 Å². The van der Waals surface area contributed by atoms with Gasteiger partial charge in [0.05, 0.1) is 8.41 Å². The Labute approximate surface area is 121 Å². The van der Waals surface area contributed by atoms with Crippen LogP contribution >= 0.6 is 0 Å². The average molecular weight is 275 g/mol. The highest BCUT2D eigenvalue weighted by Gasteiger charge is 2.16. The molecule has 2 aromatic carbocycles. The predicted octanol–water partition coefficient (Wildman–Crippen LogP) is 1.50. The van der Waals surface area contributed by atoms with Gasteiger partial charge in [-0.25, -0.2) is 0 Å². The minimum Gasteiger partial charge on any atom is -0.321 e. The lowest BCUT2D eigenvalue weighted by Gasteiger charge is -2.18. The largest absolute Gasteiger partial charge is 0.321 e. The summed E-state index contributed by atoms with van der Waals surface area (Å²) in [5.74, 6) is 0. The van der Waals surface area contributed by atoms with Crippen molar-refractivity contribution in [1.29, 1.82) is 0 Å². The fraction of sp³-hybridized carbons (Fsp3) is 0.0556. The molecule has 0 aliphatic heterocycles. The topological polar surface area (TPSA) is 26.0 Å². The van der Waals surface area contributed by atoms with Crippen LogP contribution in [0.15, 0.2) is 85.0 Å². The van der Waals surface area contributed by atoms with Crippen LogP contribution in [0.25, 0.3) is 0 Å². The van der Waals surface area contributed by atoms with Gasteiger partial charge in [-0.05, 0) is 15.5 Å². The van der Waals surface area contributed by atoms with Crippen LogP contribution in [0.3, 0.4) is 0 Å². The van der Waals surface area contributed by atoms with Crippen LogP contribution in [-0.4, -0.2) is 19.6 Å². The summed E-state index contributed by atoms with van der Waals surface area (Å²) in [5.41, 5.74) is 6.30. The van der Waals surface area contributed by atoms with Gasteiger partial charge >= 0.3 is 0 Å². The van der Waals surface area contributed by atoms with E-state index in [4.69, 9.17) is 5.73 Å². The first kappa shape index (κ1) is 13.0. The zero-order valence-corrected chi connectivity index (χ0v) is 12.2. The van der Waals surface area contributed by atoms with E-state index < -0.39 is 8.41 Å². The van der Waals surface area contributed by atoms with Crippen LogP contribution in [0.1, 0.15) is 0 Å². The molecule has 0 aromatic heterocycles. The van der Waals surface area contributed by atoms with E-state index >= 15 is 0 Å². The molecule has 0 spiro atoms. The molecule has 0 amide bonds. The van der Waals surface area contributed by atoms with Gasteiger partial charge in [-0.3, -0.25) is 0 Å². The Morgan fingerprint density at radius 1 is 0.750 bits per heavy atom. The molecule has 20 heavy (non-hydrogen) atoms. The Morgan fingerprint density at radius 3 is 1.80 bits per heavy atom. The smallest absolute Gasteiger partial charge is 0.0853 e. The first-order chi connectivity index (χ1) is 9.86. The molecule has 0 heterocycles. The molecular formula is C18H17NSi. The molecule has 1 aliphatic carbocycles. The van der Waals surface area contributed by atoms with Crippen molar-refractivity contribution in [2.75, 3.05) is 0 Å². The molecule has 1 nitrogen and oxygen atoms in total. The maximum absolute atomic E-state index is 6.30. The lowest BCUT2D eigenvalue weighted by atomic mass is 10.1. The number of rotatable bonds is 2. The van der Waals surface area contributed by atoms with Gasteiger partial charge in [0.25, 0.3) is 0 Å². The van der Waals surface area contributed by atoms with E-state index in [2.05, 4.69) is 78.9 Å². The number of hydrogen-bond acceptors (Lipinski definition) is 1. The molecule has 1 unspecified atom stereocenters. The first-order valence-corrected chi connectivity index (χ1v) is 8.32. The van der Waals surface area contributed by atoms with Crippen LogP contribution < -0.4 is 16.1 Å². The Bertz CT molecular complexity index is 628. The highest BCUT2D eigenvalue weighted by atomic mass is 28.2. The number of allylic oxidation sites excluding steroid dienone is 2. The van der Waals surface area contributed by atoms with E-state index in [9.17, 15) is 0 Å². The third-order valence-corrected chi connectivity index (χ3v) is 6.38. The molecule has 0 bridgehead atoms. The van der Waals surface area contributed by atoms with Crippen molar-refractivity contribution in [2.24, 2.45) is 5.73 Å². The van der Waals surface area contributed by atoms with E-state index in [0.29, 0.717) is 0 Å². The Kier molecular flexibility index (Phi) is 3.86. The van der Waals surface area contributed by atoms with Crippen LogP contribution in [0, 0.1) is 0 Å². The van der Waals surface area contributed by atoms with Crippen LogP contribution in [0.2, 0.25) is 0 Å². The van der Waals surface area contributed by atoms with Crippen molar-refractivity contribution in [3.8, 4) is 0 Å². The van der Waals surface area contributed by atoms with Crippen molar-refractivity contribution < 1.29 is 0 Å². The molecule has 2 N–H and O–H groups in total. The third kappa shape index (κ3) is 2.62. The minimum atomic E-state index is -0.995. The minimum absolute atomic E-state index is 0.0225. The summed E-state index contributed by atoms with van der Waals surface area (Å²) in [6, 6.07) is 21.4. The SMILES string of the molecule is NC1C=CC=CC1=[Si](c1ccccc1)c1ccccc1. The van der Waals surface area contributed by atoms with Gasteiger partial charge in [-0.2, -0.15) is 0 Å². The zero-order valence-electron chi connectivity index (χ0n) is 11.2. The molecule has 0 saturated carbocycles. The normalized spacial score (nSPS) is 17.2. The quantitative estimate of drug-likeness (QED) is 0.826. The molecule has 2 heteroatoms. The van der Waals surface area contributed by atoms with Gasteiger partial charge < -0.3 is 5.73 Å². The van der Waals surface area contributed by atoms with Crippen LogP contribution in [-0.2, 0) is 0 Å². The summed E-state index contributed by atoms with van der Waals surface area (Å²) in [6.07, 6.45) is 8.39. The van der Waals surface area contributed by atoms with Crippen molar-refractivity contribution in [1.82, 2.24) is 0 Å². The van der Waals surface area contributed by atoms with E-state index in [1.54, 1.807) is 0 Å². The van der Waals surface area contributed by atoms with Gasteiger partial charge in [-0.15, -0.1) is 0 Å². The first-order valence-electron chi connectivity index (χ1n) is 6.82. The maximum Gasteiger partial charge on any atom is 0.0853 e. The van der Waals surface area contributed by atoms with Crippen LogP contribution in [0.4, 0.5) is 0 Å². The van der Waals surface area contributed by atoms with E-state index in [1.807, 2.05) is 6.08 Å². The second-order valence-corrected chi connectivity index (χ2v) is 7.31. The molecule has 2 aromatic rings. The van der Waals surface area contributed by atoms with Crippen molar-refractivity contribution >= 4 is 24.0 Å². The maximum atomic E-state index is 6.30. The summed E-state index contributed by atoms with van der Waals surface area (Å²) in [5, 5.41) is 4.11. The molecule has 0 fully saturated rings. The Hall–Kier alpha value is -2.03. The summed E-state index contributed by atoms with van der Waals surface area (Å²) < 4.78 is 0. The van der Waals surface area contributed by atoms with Gasteiger partial charge in [0.1, 0.15) is 0 Å². The summed E-state index contributed by atoms with van der Waals surface area (Å²) in [7, 11) is -0.995. The van der Waals surface area contributed by atoms with Crippen molar-refractivity contribution in [2.45, 2.75) is 6.04 Å². The van der Waals surface area contributed by atoms with Gasteiger partial charge in [-0.1, -0.05) is 85.0 Å². The number of nitrogens with two attached hydrogens (primary N) is 1. The summed E-state index contributed by atoms with van der Waals surface area (Å²) in [6.45, 7) is 0. The summed E-state index contributed by atoms with van der Waals surface area (Å²) >= 11 is 0. The predicted molar refractivity (Wildman–Crippen MR) is 89.2 cm³/mol. The average Bonchev–Trinajstić information content (AvgIpc) is 2.52. The second-order valence-electron chi connectivity index (χ2n) is 4.83. The van der Waals surface area contributed by atoms with E-state index in [-0.39, 0.29) is 6.04 Å². The fourth-order valence-electron chi connectivity index (χ4n) is 2.52. The van der Waals surface area contributed by atoms with Crippen molar-refractivity contribution in [3.63, 3.8) is 0 Å². The van der Waals surface area contributed by atoms with Gasteiger partial charge in [0, 0.05) is 6.04 Å². The molecule has 0 saturated heterocycles. The molecule has 1 aliphatic rings. The fourth-order valence-corrected chi connectivity index (χ4v) is 5.26.